The summed E-state index contributed by atoms with van der Waals surface area (Å²) >= 11 is 1.77. The van der Waals surface area contributed by atoms with Gasteiger partial charge in [0, 0.05) is 18.0 Å². The number of nitrogens with one attached hydrogen (secondary N) is 2. The van der Waals surface area contributed by atoms with Gasteiger partial charge in [-0.2, -0.15) is 0 Å². The molecule has 2 N–H and O–H groups in total. The fraction of sp³-hybridized carbons (Fsp3) is 0.312. The maximum absolute atomic E-state index is 7.74. The number of hydrogen-bond donors (Lipinski definition) is 1. The molecule has 0 spiro atoms. The molecule has 1 aromatic carbocycles. The van der Waals surface area contributed by atoms with Crippen molar-refractivity contribution in [3.63, 3.8) is 0 Å². The van der Waals surface area contributed by atoms with E-state index in [1.54, 1.807) is 16.3 Å². The molecule has 0 atom stereocenters. The number of piperazine rings is 1. The Hall–Kier alpha value is -1.89. The number of rotatable bonds is 0. The predicted molar refractivity (Wildman–Crippen MR) is 92.4 cm³/mol. The summed E-state index contributed by atoms with van der Waals surface area (Å²) in [6.07, 6.45) is 0. The van der Waals surface area contributed by atoms with E-state index in [0.29, 0.717) is 0 Å². The van der Waals surface area contributed by atoms with Crippen LogP contribution in [0, 0.1) is 6.92 Å². The third kappa shape index (κ3) is 2.39. The van der Waals surface area contributed by atoms with E-state index in [0.717, 1.165) is 48.4 Å². The summed E-state index contributed by atoms with van der Waals surface area (Å²) in [5, 5.41) is 6.32. The maximum atomic E-state index is 7.74. The van der Waals surface area contributed by atoms with E-state index in [4.69, 9.17) is 10.8 Å². The lowest BCUT2D eigenvalue weighted by atomic mass is 10.2. The Morgan fingerprint density at radius 1 is 1.18 bits per heavy atom. The molecule has 0 amide bonds. The topological polar surface area (TPSA) is 54.7 Å². The lowest BCUT2D eigenvalue weighted by molar-refractivity contribution is 0.238. The lowest BCUT2D eigenvalue weighted by Crippen LogP contribution is -2.46. The van der Waals surface area contributed by atoms with Crippen LogP contribution in [0.5, 0.6) is 0 Å². The minimum atomic E-state index is 0.756. The Labute approximate surface area is 134 Å². The van der Waals surface area contributed by atoms with Crippen molar-refractivity contribution >= 4 is 33.5 Å². The highest BCUT2D eigenvalue weighted by atomic mass is 32.1. The van der Waals surface area contributed by atoms with Crippen LogP contribution in [0.3, 0.4) is 0 Å². The molecule has 3 heterocycles. The van der Waals surface area contributed by atoms with Gasteiger partial charge in [0.15, 0.2) is 0 Å². The number of thiophene rings is 1. The Morgan fingerprint density at radius 3 is 2.77 bits per heavy atom. The molecule has 0 saturated carbocycles. The average molecular weight is 312 g/mol. The van der Waals surface area contributed by atoms with Gasteiger partial charge in [0.25, 0.3) is 0 Å². The van der Waals surface area contributed by atoms with Gasteiger partial charge in [0.2, 0.25) is 0 Å². The number of hydrogen-bond acceptors (Lipinski definition) is 5. The Bertz CT molecular complexity index is 728. The summed E-state index contributed by atoms with van der Waals surface area (Å²) < 4.78 is 0. The third-order valence-corrected chi connectivity index (χ3v) is 5.02. The van der Waals surface area contributed by atoms with E-state index in [9.17, 15) is 0 Å². The van der Waals surface area contributed by atoms with Gasteiger partial charge in [0.05, 0.1) is 16.9 Å². The average Bonchev–Trinajstić information content (AvgIpc) is 2.80. The molecule has 2 aliphatic rings. The van der Waals surface area contributed by atoms with E-state index >= 15 is 0 Å². The molecule has 4 rings (SSSR count). The van der Waals surface area contributed by atoms with Crippen molar-refractivity contribution in [2.45, 2.75) is 6.92 Å². The lowest BCUT2D eigenvalue weighted by Gasteiger charge is -2.39. The molecule has 1 aromatic heterocycles. The van der Waals surface area contributed by atoms with Crippen LogP contribution in [0.25, 0.3) is 5.84 Å². The van der Waals surface area contributed by atoms with Crippen LogP contribution in [0.1, 0.15) is 10.4 Å². The number of aliphatic imine (C=N–C) groups is 1. The van der Waals surface area contributed by atoms with Crippen LogP contribution >= 0.6 is 11.3 Å². The summed E-state index contributed by atoms with van der Waals surface area (Å²) in [7, 11) is 0. The molecule has 0 aliphatic carbocycles. The van der Waals surface area contributed by atoms with Crippen molar-refractivity contribution in [1.29, 1.82) is 0 Å². The van der Waals surface area contributed by atoms with Crippen molar-refractivity contribution < 1.29 is 0 Å². The zero-order valence-electron chi connectivity index (χ0n) is 12.5. The van der Waals surface area contributed by atoms with Gasteiger partial charge < -0.3 is 21.1 Å². The summed E-state index contributed by atoms with van der Waals surface area (Å²) in [4.78, 5) is 8.54. The highest BCUT2D eigenvalue weighted by Gasteiger charge is 2.24. The van der Waals surface area contributed by atoms with Crippen molar-refractivity contribution in [2.24, 2.45) is 4.99 Å². The van der Waals surface area contributed by atoms with E-state index < -0.39 is 0 Å². The monoisotopic (exact) mass is 312 g/mol. The molecule has 0 unspecified atom stereocenters. The first kappa shape index (κ1) is 13.8. The first-order valence-corrected chi connectivity index (χ1v) is 8.29. The van der Waals surface area contributed by atoms with Crippen molar-refractivity contribution in [2.75, 3.05) is 31.5 Å². The summed E-state index contributed by atoms with van der Waals surface area (Å²) in [6, 6.07) is 10.4. The van der Waals surface area contributed by atoms with Crippen LogP contribution in [-0.4, -0.2) is 41.9 Å². The highest BCUT2D eigenvalue weighted by molar-refractivity contribution is 7.16. The van der Waals surface area contributed by atoms with E-state index in [2.05, 4.69) is 29.3 Å². The fourth-order valence-electron chi connectivity index (χ4n) is 2.91. The molecule has 1 fully saturated rings. The molecule has 5 nitrogen and oxygen atoms in total. The first-order valence-electron chi connectivity index (χ1n) is 7.47. The minimum absolute atomic E-state index is 0.756. The van der Waals surface area contributed by atoms with Gasteiger partial charge in [-0.25, -0.2) is 4.99 Å². The van der Waals surface area contributed by atoms with Gasteiger partial charge >= 0.3 is 0 Å². The number of para-hydroxylation sites is 2. The number of fused-ring (bicyclic) bond motifs is 2. The molecular weight excluding hydrogens is 294 g/mol. The molecule has 6 heteroatoms. The Morgan fingerprint density at radius 2 is 1.95 bits per heavy atom. The van der Waals surface area contributed by atoms with Crippen LogP contribution in [0.15, 0.2) is 35.3 Å². The third-order valence-electron chi connectivity index (χ3n) is 4.05. The largest absolute Gasteiger partial charge is 0.610 e. The zero-order chi connectivity index (χ0) is 15.1. The van der Waals surface area contributed by atoms with Crippen molar-refractivity contribution in [3.05, 3.63) is 46.6 Å². The Balaban J connectivity index is 1.81. The highest BCUT2D eigenvalue weighted by Crippen LogP contribution is 2.39. The summed E-state index contributed by atoms with van der Waals surface area (Å²) in [6.45, 7) is 5.34. The quantitative estimate of drug-likeness (QED) is 0.805. The fourth-order valence-corrected chi connectivity index (χ4v) is 3.83. The normalized spacial score (nSPS) is 18.1. The zero-order valence-corrected chi connectivity index (χ0v) is 13.3. The summed E-state index contributed by atoms with van der Waals surface area (Å²) in [5.41, 5.74) is 3.21. The molecular formula is C16H18N5S-. The van der Waals surface area contributed by atoms with Crippen LogP contribution in [0.4, 0.5) is 16.4 Å². The SMILES string of the molecule is Cc1cc2c(s1)Nc1ccccc1N=C2N1CCN([NH-])CC1. The van der Waals surface area contributed by atoms with Crippen LogP contribution < -0.4 is 5.32 Å². The number of anilines is 2. The maximum Gasteiger partial charge on any atom is 0.139 e. The molecule has 1 saturated heterocycles. The van der Waals surface area contributed by atoms with Gasteiger partial charge in [0.1, 0.15) is 10.8 Å². The van der Waals surface area contributed by atoms with Gasteiger partial charge in [-0.1, -0.05) is 12.1 Å². The number of benzene rings is 1. The van der Waals surface area contributed by atoms with E-state index in [1.165, 1.54) is 10.4 Å². The molecule has 2 aliphatic heterocycles. The summed E-state index contributed by atoms with van der Waals surface area (Å²) in [5.74, 6) is 8.77. The molecule has 2 aromatic rings. The van der Waals surface area contributed by atoms with Gasteiger partial charge in [-0.3, -0.25) is 0 Å². The Kier molecular flexibility index (Phi) is 3.37. The molecule has 0 radical (unpaired) electrons. The predicted octanol–water partition coefficient (Wildman–Crippen LogP) is 3.78. The molecule has 114 valence electrons. The van der Waals surface area contributed by atoms with Crippen LogP contribution in [-0.2, 0) is 0 Å². The van der Waals surface area contributed by atoms with Gasteiger partial charge in [-0.05, 0) is 38.2 Å². The number of aryl methyl sites for hydroxylation is 1. The number of amidine groups is 1. The van der Waals surface area contributed by atoms with E-state index in [1.807, 2.05) is 18.2 Å². The molecule has 22 heavy (non-hydrogen) atoms. The second kappa shape index (κ2) is 5.39. The van der Waals surface area contributed by atoms with Crippen molar-refractivity contribution in [1.82, 2.24) is 9.91 Å². The number of nitrogens with zero attached hydrogens (tertiary/aromatic N) is 3. The minimum Gasteiger partial charge on any atom is -0.610 e. The molecule has 0 bridgehead atoms. The standard InChI is InChI=1S/C16H18N5S/c1-11-10-12-15(20-6-8-21(17)9-7-20)18-13-4-2-3-5-14(13)19-16(12)22-11/h2-5,10,17,19H,6-9H2,1H3/q-1. The second-order valence-corrected chi connectivity index (χ2v) is 6.91. The first-order chi connectivity index (χ1) is 10.7. The van der Waals surface area contributed by atoms with Gasteiger partial charge in [-0.15, -0.1) is 11.3 Å². The second-order valence-electron chi connectivity index (χ2n) is 5.65. The van der Waals surface area contributed by atoms with E-state index in [-0.39, 0.29) is 0 Å². The van der Waals surface area contributed by atoms with Crippen LogP contribution in [0.2, 0.25) is 0 Å². The smallest absolute Gasteiger partial charge is 0.139 e. The van der Waals surface area contributed by atoms with Crippen molar-refractivity contribution in [3.8, 4) is 0 Å².